The summed E-state index contributed by atoms with van der Waals surface area (Å²) in [4.78, 5) is 16.7. The average Bonchev–Trinajstić information content (AvgIpc) is 3.12. The standard InChI is InChI=1S/C20H21FN2O4S/c21-8-9-25-10-11-26-12-13-27-16-6-7-17-18(14-16)28-20(22-17)23-19(24)15-4-2-1-3-5-15/h1-7,14H,8-13H2,(H,22,23,24). The zero-order chi connectivity index (χ0) is 19.6. The van der Waals surface area contributed by atoms with Gasteiger partial charge in [0.25, 0.3) is 5.91 Å². The maximum absolute atomic E-state index is 12.2. The third kappa shape index (κ3) is 5.98. The van der Waals surface area contributed by atoms with E-state index in [2.05, 4.69) is 10.3 Å². The van der Waals surface area contributed by atoms with Gasteiger partial charge in [0.15, 0.2) is 5.13 Å². The molecular formula is C20H21FN2O4S. The molecule has 0 bridgehead atoms. The van der Waals surface area contributed by atoms with Crippen molar-refractivity contribution in [2.45, 2.75) is 0 Å². The predicted octanol–water partition coefficient (Wildman–Crippen LogP) is 3.93. The number of carbonyl (C=O) groups excluding carboxylic acids is 1. The molecule has 0 unspecified atom stereocenters. The van der Waals surface area contributed by atoms with Gasteiger partial charge in [-0.05, 0) is 30.3 Å². The van der Waals surface area contributed by atoms with Crippen molar-refractivity contribution in [2.75, 3.05) is 45.0 Å². The van der Waals surface area contributed by atoms with Crippen molar-refractivity contribution < 1.29 is 23.4 Å². The van der Waals surface area contributed by atoms with Crippen LogP contribution in [0.25, 0.3) is 10.2 Å². The maximum Gasteiger partial charge on any atom is 0.257 e. The van der Waals surface area contributed by atoms with Gasteiger partial charge in [0.2, 0.25) is 0 Å². The Morgan fingerprint density at radius 3 is 2.54 bits per heavy atom. The van der Waals surface area contributed by atoms with Gasteiger partial charge in [-0.2, -0.15) is 0 Å². The lowest BCUT2D eigenvalue weighted by Gasteiger charge is -2.07. The summed E-state index contributed by atoms with van der Waals surface area (Å²) >= 11 is 1.39. The minimum atomic E-state index is -0.485. The fourth-order valence-corrected chi connectivity index (χ4v) is 3.29. The summed E-state index contributed by atoms with van der Waals surface area (Å²) in [6.45, 7) is 1.20. The highest BCUT2D eigenvalue weighted by Gasteiger charge is 2.10. The molecule has 0 aliphatic carbocycles. The number of hydrogen-bond acceptors (Lipinski definition) is 6. The van der Waals surface area contributed by atoms with Gasteiger partial charge in [-0.15, -0.1) is 0 Å². The first-order valence-corrected chi connectivity index (χ1v) is 9.69. The number of benzene rings is 2. The van der Waals surface area contributed by atoms with Gasteiger partial charge >= 0.3 is 0 Å². The van der Waals surface area contributed by atoms with E-state index in [1.165, 1.54) is 11.3 Å². The third-order valence-corrected chi connectivity index (χ3v) is 4.64. The summed E-state index contributed by atoms with van der Waals surface area (Å²) in [6, 6.07) is 14.6. The van der Waals surface area contributed by atoms with E-state index in [0.29, 0.717) is 42.9 Å². The van der Waals surface area contributed by atoms with Crippen LogP contribution in [-0.2, 0) is 9.47 Å². The van der Waals surface area contributed by atoms with Crippen LogP contribution >= 0.6 is 11.3 Å². The van der Waals surface area contributed by atoms with Gasteiger partial charge in [-0.1, -0.05) is 29.5 Å². The molecule has 0 saturated heterocycles. The molecule has 0 spiro atoms. The maximum atomic E-state index is 12.2. The van der Waals surface area contributed by atoms with E-state index in [9.17, 15) is 9.18 Å². The van der Waals surface area contributed by atoms with Crippen molar-refractivity contribution in [3.05, 3.63) is 54.1 Å². The minimum Gasteiger partial charge on any atom is -0.491 e. The van der Waals surface area contributed by atoms with Crippen LogP contribution in [0, 0.1) is 0 Å². The number of amides is 1. The molecule has 28 heavy (non-hydrogen) atoms. The van der Waals surface area contributed by atoms with Crippen LogP contribution in [0.5, 0.6) is 5.75 Å². The van der Waals surface area contributed by atoms with Gasteiger partial charge in [0.1, 0.15) is 19.0 Å². The van der Waals surface area contributed by atoms with Crippen LogP contribution in [0.1, 0.15) is 10.4 Å². The summed E-state index contributed by atoms with van der Waals surface area (Å²) in [7, 11) is 0. The zero-order valence-corrected chi connectivity index (χ0v) is 16.0. The fraction of sp³-hybridized carbons (Fsp3) is 0.300. The number of ether oxygens (including phenoxy) is 3. The number of anilines is 1. The Hall–Kier alpha value is -2.55. The van der Waals surface area contributed by atoms with E-state index in [0.717, 1.165) is 10.2 Å². The quantitative estimate of drug-likeness (QED) is 0.491. The highest BCUT2D eigenvalue weighted by Crippen LogP contribution is 2.29. The molecule has 0 fully saturated rings. The first kappa shape index (κ1) is 20.2. The Balaban J connectivity index is 1.48. The van der Waals surface area contributed by atoms with E-state index in [4.69, 9.17) is 14.2 Å². The van der Waals surface area contributed by atoms with Gasteiger partial charge < -0.3 is 14.2 Å². The third-order valence-electron chi connectivity index (χ3n) is 3.71. The number of carbonyl (C=O) groups is 1. The molecule has 3 aromatic rings. The van der Waals surface area contributed by atoms with Crippen LogP contribution in [0.2, 0.25) is 0 Å². The van der Waals surface area contributed by atoms with Gasteiger partial charge in [0.05, 0.1) is 36.6 Å². The van der Waals surface area contributed by atoms with Crippen LogP contribution in [-0.4, -0.2) is 50.6 Å². The van der Waals surface area contributed by atoms with Crippen LogP contribution in [0.3, 0.4) is 0 Å². The number of rotatable bonds is 11. The number of hydrogen-bond donors (Lipinski definition) is 1. The topological polar surface area (TPSA) is 69.7 Å². The summed E-state index contributed by atoms with van der Waals surface area (Å²) in [6.07, 6.45) is 0. The van der Waals surface area contributed by atoms with E-state index in [-0.39, 0.29) is 12.5 Å². The summed E-state index contributed by atoms with van der Waals surface area (Å²) < 4.78 is 28.8. The Bertz CT molecular complexity index is 888. The molecule has 0 atom stereocenters. The highest BCUT2D eigenvalue weighted by atomic mass is 32.1. The number of fused-ring (bicyclic) bond motifs is 1. The summed E-state index contributed by atoms with van der Waals surface area (Å²) in [5.41, 5.74) is 1.38. The Morgan fingerprint density at radius 2 is 1.75 bits per heavy atom. The molecule has 148 valence electrons. The van der Waals surface area contributed by atoms with Gasteiger partial charge in [-0.25, -0.2) is 9.37 Å². The second-order valence-corrected chi connectivity index (χ2v) is 6.76. The first-order chi connectivity index (χ1) is 13.8. The van der Waals surface area contributed by atoms with Crippen LogP contribution in [0.4, 0.5) is 9.52 Å². The van der Waals surface area contributed by atoms with Crippen molar-refractivity contribution in [1.82, 2.24) is 4.98 Å². The number of aromatic nitrogens is 1. The minimum absolute atomic E-state index is 0.0997. The molecule has 3 rings (SSSR count). The van der Waals surface area contributed by atoms with Crippen molar-refractivity contribution >= 4 is 32.6 Å². The molecule has 1 aromatic heterocycles. The largest absolute Gasteiger partial charge is 0.491 e. The van der Waals surface area contributed by atoms with E-state index in [1.54, 1.807) is 12.1 Å². The van der Waals surface area contributed by atoms with Gasteiger partial charge in [0, 0.05) is 5.56 Å². The lowest BCUT2D eigenvalue weighted by molar-refractivity contribution is 0.0325. The SMILES string of the molecule is O=C(Nc1nc2ccc(OCCOCCOCCF)cc2s1)c1ccccc1. The van der Waals surface area contributed by atoms with Crippen LogP contribution < -0.4 is 10.1 Å². The number of alkyl halides is 1. The molecule has 8 heteroatoms. The van der Waals surface area contributed by atoms with Gasteiger partial charge in [-0.3, -0.25) is 10.1 Å². The van der Waals surface area contributed by atoms with Crippen molar-refractivity contribution in [3.63, 3.8) is 0 Å². The lowest BCUT2D eigenvalue weighted by atomic mass is 10.2. The molecule has 2 aromatic carbocycles. The Morgan fingerprint density at radius 1 is 1.00 bits per heavy atom. The zero-order valence-electron chi connectivity index (χ0n) is 15.2. The molecule has 0 aliphatic heterocycles. The van der Waals surface area contributed by atoms with E-state index >= 15 is 0 Å². The van der Waals surface area contributed by atoms with Crippen molar-refractivity contribution in [2.24, 2.45) is 0 Å². The molecule has 0 saturated carbocycles. The molecule has 0 radical (unpaired) electrons. The number of nitrogens with zero attached hydrogens (tertiary/aromatic N) is 1. The monoisotopic (exact) mass is 404 g/mol. The second kappa shape index (κ2) is 10.7. The Labute approximate surface area is 166 Å². The Kier molecular flexibility index (Phi) is 7.71. The normalized spacial score (nSPS) is 10.9. The lowest BCUT2D eigenvalue weighted by Crippen LogP contribution is -2.11. The number of thiazole rings is 1. The van der Waals surface area contributed by atoms with E-state index in [1.807, 2.05) is 36.4 Å². The number of halogens is 1. The molecule has 1 N–H and O–H groups in total. The van der Waals surface area contributed by atoms with Crippen LogP contribution in [0.15, 0.2) is 48.5 Å². The molecule has 0 aliphatic rings. The predicted molar refractivity (Wildman–Crippen MR) is 107 cm³/mol. The molecular weight excluding hydrogens is 383 g/mol. The average molecular weight is 404 g/mol. The fourth-order valence-electron chi connectivity index (χ4n) is 2.40. The summed E-state index contributed by atoms with van der Waals surface area (Å²) in [5, 5.41) is 3.36. The van der Waals surface area contributed by atoms with Crippen molar-refractivity contribution in [1.29, 1.82) is 0 Å². The van der Waals surface area contributed by atoms with Crippen molar-refractivity contribution in [3.8, 4) is 5.75 Å². The second-order valence-electron chi connectivity index (χ2n) is 5.73. The molecule has 1 amide bonds. The molecule has 6 nitrogen and oxygen atoms in total. The smallest absolute Gasteiger partial charge is 0.257 e. The highest BCUT2D eigenvalue weighted by molar-refractivity contribution is 7.22. The number of nitrogens with one attached hydrogen (secondary N) is 1. The summed E-state index contributed by atoms with van der Waals surface area (Å²) in [5.74, 6) is 0.512. The molecule has 1 heterocycles. The van der Waals surface area contributed by atoms with E-state index < -0.39 is 6.67 Å². The first-order valence-electron chi connectivity index (χ1n) is 8.87.